The fourth-order valence-electron chi connectivity index (χ4n) is 2.85. The summed E-state index contributed by atoms with van der Waals surface area (Å²) in [5.74, 6) is 3.51. The van der Waals surface area contributed by atoms with Crippen molar-refractivity contribution in [3.05, 3.63) is 42.0 Å². The summed E-state index contributed by atoms with van der Waals surface area (Å²) in [6.07, 6.45) is 10.2. The third-order valence-corrected chi connectivity index (χ3v) is 5.26. The summed E-state index contributed by atoms with van der Waals surface area (Å²) >= 11 is 1.67. The Morgan fingerprint density at radius 2 is 2.17 bits per heavy atom. The van der Waals surface area contributed by atoms with Gasteiger partial charge in [0, 0.05) is 17.4 Å². The van der Waals surface area contributed by atoms with Gasteiger partial charge < -0.3 is 5.32 Å². The van der Waals surface area contributed by atoms with Crippen molar-refractivity contribution in [1.29, 1.82) is 0 Å². The zero-order valence-corrected chi connectivity index (χ0v) is 14.0. The van der Waals surface area contributed by atoms with Gasteiger partial charge in [0.25, 0.3) is 0 Å². The first-order chi connectivity index (χ1) is 11.3. The summed E-state index contributed by atoms with van der Waals surface area (Å²) in [6.45, 7) is 0. The molecule has 0 spiro atoms. The molecular weight excluding hydrogens is 302 g/mol. The number of benzene rings is 2. The van der Waals surface area contributed by atoms with Gasteiger partial charge in [0.2, 0.25) is 5.91 Å². The van der Waals surface area contributed by atoms with E-state index in [4.69, 9.17) is 6.42 Å². The number of rotatable bonds is 6. The van der Waals surface area contributed by atoms with Crippen molar-refractivity contribution < 1.29 is 4.79 Å². The third kappa shape index (κ3) is 4.09. The number of nitrogens with one attached hydrogen (secondary N) is 1. The summed E-state index contributed by atoms with van der Waals surface area (Å²) in [4.78, 5) is 13.2. The normalized spacial score (nSPS) is 14.2. The van der Waals surface area contributed by atoms with Gasteiger partial charge in [-0.25, -0.2) is 0 Å². The van der Waals surface area contributed by atoms with Gasteiger partial charge in [-0.15, -0.1) is 18.2 Å². The molecule has 1 aliphatic carbocycles. The zero-order chi connectivity index (χ0) is 16.1. The predicted octanol–water partition coefficient (Wildman–Crippen LogP) is 4.17. The van der Waals surface area contributed by atoms with Crippen LogP contribution in [-0.2, 0) is 11.2 Å². The maximum absolute atomic E-state index is 12.0. The number of amides is 1. The molecule has 1 fully saturated rings. The van der Waals surface area contributed by atoms with Crippen LogP contribution in [0.2, 0.25) is 0 Å². The molecule has 0 heterocycles. The van der Waals surface area contributed by atoms with Crippen LogP contribution in [0.4, 0.5) is 0 Å². The quantitative estimate of drug-likeness (QED) is 0.638. The molecule has 0 radical (unpaired) electrons. The maximum atomic E-state index is 12.0. The van der Waals surface area contributed by atoms with Crippen molar-refractivity contribution in [2.24, 2.45) is 0 Å². The Kier molecular flexibility index (Phi) is 5.25. The molecule has 1 aliphatic rings. The molecular formula is C20H21NOS. The Labute approximate surface area is 142 Å². The van der Waals surface area contributed by atoms with E-state index in [1.807, 2.05) is 0 Å². The number of thioether (sulfide) groups is 1. The highest BCUT2D eigenvalue weighted by Crippen LogP contribution is 2.26. The lowest BCUT2D eigenvalue weighted by atomic mass is 9.93. The SMILES string of the molecule is C#CCSc1ccc2cccc(CCC(=O)NC3CCC3)c2c1. The minimum atomic E-state index is 0.171. The Morgan fingerprint density at radius 1 is 1.30 bits per heavy atom. The number of carbonyl (C=O) groups excluding carboxylic acids is 1. The highest BCUT2D eigenvalue weighted by molar-refractivity contribution is 7.99. The van der Waals surface area contributed by atoms with E-state index in [-0.39, 0.29) is 5.91 Å². The lowest BCUT2D eigenvalue weighted by Crippen LogP contribution is -2.39. The Balaban J connectivity index is 1.71. The highest BCUT2D eigenvalue weighted by Gasteiger charge is 2.19. The van der Waals surface area contributed by atoms with Gasteiger partial charge in [0.05, 0.1) is 5.75 Å². The highest BCUT2D eigenvalue weighted by atomic mass is 32.2. The molecule has 1 N–H and O–H groups in total. The summed E-state index contributed by atoms with van der Waals surface area (Å²) in [5, 5.41) is 5.55. The van der Waals surface area contributed by atoms with Gasteiger partial charge in [0.1, 0.15) is 0 Å². The summed E-state index contributed by atoms with van der Waals surface area (Å²) in [7, 11) is 0. The van der Waals surface area contributed by atoms with Crippen LogP contribution in [0.15, 0.2) is 41.3 Å². The van der Waals surface area contributed by atoms with Crippen molar-refractivity contribution in [3.63, 3.8) is 0 Å². The fourth-order valence-corrected chi connectivity index (χ4v) is 3.47. The Bertz CT molecular complexity index is 743. The first-order valence-electron chi connectivity index (χ1n) is 8.13. The second kappa shape index (κ2) is 7.57. The molecule has 1 saturated carbocycles. The molecule has 2 aromatic rings. The average molecular weight is 323 g/mol. The topological polar surface area (TPSA) is 29.1 Å². The van der Waals surface area contributed by atoms with Crippen LogP contribution < -0.4 is 5.32 Å². The van der Waals surface area contributed by atoms with Crippen LogP contribution in [0.3, 0.4) is 0 Å². The standard InChI is InChI=1S/C20H21NOS/c1-2-13-23-18-11-9-15-5-3-6-16(19(15)14-18)10-12-20(22)21-17-7-4-8-17/h1,3,5-6,9,11,14,17H,4,7-8,10,12-13H2,(H,21,22). The number of terminal acetylenes is 1. The summed E-state index contributed by atoms with van der Waals surface area (Å²) < 4.78 is 0. The fraction of sp³-hybridized carbons (Fsp3) is 0.350. The van der Waals surface area contributed by atoms with Crippen LogP contribution in [0.1, 0.15) is 31.2 Å². The van der Waals surface area contributed by atoms with Crippen molar-refractivity contribution in [2.75, 3.05) is 5.75 Å². The molecule has 118 valence electrons. The van der Waals surface area contributed by atoms with Crippen molar-refractivity contribution in [3.8, 4) is 12.3 Å². The molecule has 0 bridgehead atoms. The van der Waals surface area contributed by atoms with Crippen LogP contribution in [0, 0.1) is 12.3 Å². The number of carbonyl (C=O) groups is 1. The van der Waals surface area contributed by atoms with Gasteiger partial charge in [-0.2, -0.15) is 0 Å². The number of fused-ring (bicyclic) bond motifs is 1. The van der Waals surface area contributed by atoms with E-state index in [0.29, 0.717) is 18.2 Å². The third-order valence-electron chi connectivity index (χ3n) is 4.36. The monoisotopic (exact) mass is 323 g/mol. The van der Waals surface area contributed by atoms with E-state index in [0.717, 1.165) is 19.3 Å². The molecule has 0 aromatic heterocycles. The molecule has 0 unspecified atom stereocenters. The van der Waals surface area contributed by atoms with Crippen LogP contribution in [-0.4, -0.2) is 17.7 Å². The van der Waals surface area contributed by atoms with Crippen LogP contribution >= 0.6 is 11.8 Å². The summed E-state index contributed by atoms with van der Waals surface area (Å²) in [6, 6.07) is 13.1. The van der Waals surface area contributed by atoms with Gasteiger partial charge in [-0.3, -0.25) is 4.79 Å². The smallest absolute Gasteiger partial charge is 0.220 e. The summed E-state index contributed by atoms with van der Waals surface area (Å²) in [5.41, 5.74) is 1.23. The second-order valence-electron chi connectivity index (χ2n) is 5.99. The van der Waals surface area contributed by atoms with Crippen molar-refractivity contribution in [1.82, 2.24) is 5.32 Å². The van der Waals surface area contributed by atoms with E-state index in [2.05, 4.69) is 47.6 Å². The van der Waals surface area contributed by atoms with E-state index >= 15 is 0 Å². The van der Waals surface area contributed by atoms with Gasteiger partial charge in [0.15, 0.2) is 0 Å². The second-order valence-corrected chi connectivity index (χ2v) is 7.04. The predicted molar refractivity (Wildman–Crippen MR) is 97.6 cm³/mol. The Morgan fingerprint density at radius 3 is 2.91 bits per heavy atom. The zero-order valence-electron chi connectivity index (χ0n) is 13.2. The molecule has 0 saturated heterocycles. The number of hydrogen-bond acceptors (Lipinski definition) is 2. The van der Waals surface area contributed by atoms with Gasteiger partial charge >= 0.3 is 0 Å². The Hall–Kier alpha value is -1.92. The lowest BCUT2D eigenvalue weighted by Gasteiger charge is -2.26. The first kappa shape index (κ1) is 16.0. The average Bonchev–Trinajstić information content (AvgIpc) is 2.54. The van der Waals surface area contributed by atoms with Gasteiger partial charge in [-0.1, -0.05) is 30.2 Å². The molecule has 2 nitrogen and oxygen atoms in total. The number of aryl methyl sites for hydroxylation is 1. The molecule has 3 rings (SSSR count). The molecule has 0 aliphatic heterocycles. The number of hydrogen-bond donors (Lipinski definition) is 1. The van der Waals surface area contributed by atoms with Gasteiger partial charge in [-0.05, 0) is 54.2 Å². The van der Waals surface area contributed by atoms with E-state index in [1.54, 1.807) is 11.8 Å². The minimum absolute atomic E-state index is 0.171. The first-order valence-corrected chi connectivity index (χ1v) is 9.12. The molecule has 23 heavy (non-hydrogen) atoms. The van der Waals surface area contributed by atoms with E-state index < -0.39 is 0 Å². The molecule has 0 atom stereocenters. The molecule has 3 heteroatoms. The lowest BCUT2D eigenvalue weighted by molar-refractivity contribution is -0.122. The van der Waals surface area contributed by atoms with E-state index in [9.17, 15) is 4.79 Å². The largest absolute Gasteiger partial charge is 0.353 e. The van der Waals surface area contributed by atoms with Crippen LogP contribution in [0.25, 0.3) is 10.8 Å². The van der Waals surface area contributed by atoms with Crippen LogP contribution in [0.5, 0.6) is 0 Å². The minimum Gasteiger partial charge on any atom is -0.353 e. The molecule has 2 aromatic carbocycles. The molecule has 1 amide bonds. The maximum Gasteiger partial charge on any atom is 0.220 e. The van der Waals surface area contributed by atoms with E-state index in [1.165, 1.54) is 27.7 Å². The van der Waals surface area contributed by atoms with Crippen molar-refractivity contribution >= 4 is 28.4 Å². The van der Waals surface area contributed by atoms with Crippen molar-refractivity contribution in [2.45, 2.75) is 43.0 Å².